The molecule has 0 N–H and O–H groups in total. The fourth-order valence-electron chi connectivity index (χ4n) is 5.78. The van der Waals surface area contributed by atoms with Crippen LogP contribution in [0.2, 0.25) is 0 Å². The van der Waals surface area contributed by atoms with Crippen molar-refractivity contribution >= 4 is 17.5 Å². The quantitative estimate of drug-likeness (QED) is 0.449. The summed E-state index contributed by atoms with van der Waals surface area (Å²) in [6.07, 6.45) is 9.23. The summed E-state index contributed by atoms with van der Waals surface area (Å²) in [4.78, 5) is 18.7. The average Bonchev–Trinajstić information content (AvgIpc) is 3.48. The van der Waals surface area contributed by atoms with Crippen LogP contribution in [0.4, 0.5) is 5.82 Å². The van der Waals surface area contributed by atoms with Gasteiger partial charge in [-0.2, -0.15) is 5.10 Å². The number of nitrogens with zero attached hydrogens (tertiary/aromatic N) is 7. The molecule has 35 heavy (non-hydrogen) atoms. The van der Waals surface area contributed by atoms with Crippen molar-refractivity contribution in [2.75, 3.05) is 25.1 Å². The molecule has 2 bridgehead atoms. The lowest BCUT2D eigenvalue weighted by atomic mass is 9.87. The zero-order chi connectivity index (χ0) is 23.5. The van der Waals surface area contributed by atoms with Gasteiger partial charge >= 0.3 is 0 Å². The van der Waals surface area contributed by atoms with Crippen LogP contribution in [0.15, 0.2) is 53.9 Å². The highest BCUT2D eigenvalue weighted by molar-refractivity contribution is 5.99. The topological polar surface area (TPSA) is 71.2 Å². The van der Waals surface area contributed by atoms with Gasteiger partial charge in [0, 0.05) is 79.3 Å². The Kier molecular flexibility index (Phi) is 4.63. The smallest absolute Gasteiger partial charge is 0.212 e. The van der Waals surface area contributed by atoms with Crippen molar-refractivity contribution in [2.24, 2.45) is 4.99 Å². The van der Waals surface area contributed by atoms with Gasteiger partial charge in [-0.25, -0.2) is 14.5 Å². The lowest BCUT2D eigenvalue weighted by Crippen LogP contribution is -2.68. The molecular formula is C27H27N7O. The molecule has 4 aliphatic heterocycles. The largest absolute Gasteiger partial charge is 0.481 e. The first-order chi connectivity index (χ1) is 17.2. The SMILES string of the molecule is COc1ccc(CN2C3CC2CN(c2ccc(-c4cc(C)cn5nc6c(c45)C=NC6)cn2)C3)cn1. The van der Waals surface area contributed by atoms with E-state index in [-0.39, 0.29) is 0 Å². The monoisotopic (exact) mass is 465 g/mol. The van der Waals surface area contributed by atoms with Gasteiger partial charge < -0.3 is 9.64 Å². The Bertz CT molecular complexity index is 1430. The Morgan fingerprint density at radius 1 is 1.06 bits per heavy atom. The van der Waals surface area contributed by atoms with Gasteiger partial charge in [0.1, 0.15) is 5.82 Å². The third kappa shape index (κ3) is 3.39. The highest BCUT2D eigenvalue weighted by Gasteiger charge is 2.44. The molecule has 176 valence electrons. The Labute approximate surface area is 203 Å². The second-order valence-corrected chi connectivity index (χ2v) is 9.79. The van der Waals surface area contributed by atoms with Crippen LogP contribution in [0.1, 0.15) is 28.8 Å². The third-order valence-electron chi connectivity index (χ3n) is 7.54. The van der Waals surface area contributed by atoms with Crippen molar-refractivity contribution in [1.82, 2.24) is 24.5 Å². The average molecular weight is 466 g/mol. The second kappa shape index (κ2) is 7.88. The van der Waals surface area contributed by atoms with Crippen molar-refractivity contribution in [3.8, 4) is 17.0 Å². The number of ether oxygens (including phenoxy) is 1. The predicted octanol–water partition coefficient (Wildman–Crippen LogP) is 3.50. The van der Waals surface area contributed by atoms with E-state index >= 15 is 0 Å². The molecule has 2 atom stereocenters. The number of aliphatic imine (C=N–C) groups is 1. The Balaban J connectivity index is 1.09. The van der Waals surface area contributed by atoms with Crippen LogP contribution in [0.25, 0.3) is 16.6 Å². The van der Waals surface area contributed by atoms with Gasteiger partial charge in [0.2, 0.25) is 5.88 Å². The summed E-state index contributed by atoms with van der Waals surface area (Å²) in [5, 5.41) is 4.74. The van der Waals surface area contributed by atoms with Crippen molar-refractivity contribution < 1.29 is 4.74 Å². The summed E-state index contributed by atoms with van der Waals surface area (Å²) in [7, 11) is 1.65. The number of hydrogen-bond donors (Lipinski definition) is 0. The van der Waals surface area contributed by atoms with Gasteiger partial charge in [-0.1, -0.05) is 6.07 Å². The van der Waals surface area contributed by atoms with Crippen LogP contribution in [-0.2, 0) is 13.1 Å². The minimum absolute atomic E-state index is 0.558. The van der Waals surface area contributed by atoms with Crippen molar-refractivity contribution in [3.63, 3.8) is 0 Å². The zero-order valence-electron chi connectivity index (χ0n) is 19.9. The molecule has 0 aliphatic carbocycles. The summed E-state index contributed by atoms with van der Waals surface area (Å²) in [6, 6.07) is 11.8. The molecule has 0 amide bonds. The molecule has 3 saturated heterocycles. The van der Waals surface area contributed by atoms with E-state index in [1.165, 1.54) is 17.5 Å². The molecule has 4 aromatic rings. The molecular weight excluding hydrogens is 438 g/mol. The number of piperidine rings is 1. The highest BCUT2D eigenvalue weighted by atomic mass is 16.5. The van der Waals surface area contributed by atoms with Crippen LogP contribution in [-0.4, -0.2) is 63.0 Å². The van der Waals surface area contributed by atoms with Crippen LogP contribution in [0.3, 0.4) is 0 Å². The number of aryl methyl sites for hydroxylation is 1. The van der Waals surface area contributed by atoms with Gasteiger partial charge in [-0.15, -0.1) is 0 Å². The van der Waals surface area contributed by atoms with Crippen molar-refractivity contribution in [3.05, 3.63) is 71.3 Å². The van der Waals surface area contributed by atoms with E-state index in [0.717, 1.165) is 53.4 Å². The maximum atomic E-state index is 5.18. The van der Waals surface area contributed by atoms with E-state index in [9.17, 15) is 0 Å². The summed E-state index contributed by atoms with van der Waals surface area (Å²) >= 11 is 0. The molecule has 4 aliphatic rings. The zero-order valence-corrected chi connectivity index (χ0v) is 19.9. The number of piperazine rings is 1. The molecule has 3 fully saturated rings. The molecule has 2 unspecified atom stereocenters. The second-order valence-electron chi connectivity index (χ2n) is 9.79. The Hall–Kier alpha value is -3.78. The fourth-order valence-corrected chi connectivity index (χ4v) is 5.78. The van der Waals surface area contributed by atoms with Crippen LogP contribution in [0, 0.1) is 6.92 Å². The van der Waals surface area contributed by atoms with Gasteiger partial charge in [-0.05, 0) is 42.7 Å². The van der Waals surface area contributed by atoms with E-state index in [2.05, 4.69) is 57.2 Å². The van der Waals surface area contributed by atoms with Crippen LogP contribution < -0.4 is 9.64 Å². The molecule has 8 nitrogen and oxygen atoms in total. The van der Waals surface area contributed by atoms with E-state index in [4.69, 9.17) is 14.8 Å². The fraction of sp³-hybridized carbons (Fsp3) is 0.333. The van der Waals surface area contributed by atoms with E-state index in [1.807, 2.05) is 29.2 Å². The third-order valence-corrected chi connectivity index (χ3v) is 7.54. The van der Waals surface area contributed by atoms with Gasteiger partial charge in [-0.3, -0.25) is 9.89 Å². The van der Waals surface area contributed by atoms with Crippen molar-refractivity contribution in [1.29, 1.82) is 0 Å². The van der Waals surface area contributed by atoms with Crippen molar-refractivity contribution in [2.45, 2.75) is 38.5 Å². The van der Waals surface area contributed by atoms with Crippen LogP contribution >= 0.6 is 0 Å². The molecule has 8 heteroatoms. The number of methoxy groups -OCH3 is 1. The van der Waals surface area contributed by atoms with E-state index in [0.29, 0.717) is 24.5 Å². The number of fused-ring (bicyclic) bond motifs is 5. The minimum atomic E-state index is 0.558. The van der Waals surface area contributed by atoms with E-state index in [1.54, 1.807) is 7.11 Å². The van der Waals surface area contributed by atoms with Gasteiger partial charge in [0.25, 0.3) is 0 Å². The lowest BCUT2D eigenvalue weighted by Gasteiger charge is -2.56. The summed E-state index contributed by atoms with van der Waals surface area (Å²) in [6.45, 7) is 5.73. The maximum Gasteiger partial charge on any atom is 0.212 e. The first kappa shape index (κ1) is 20.6. The minimum Gasteiger partial charge on any atom is -0.481 e. The molecule has 0 radical (unpaired) electrons. The molecule has 8 heterocycles. The Morgan fingerprint density at radius 3 is 2.69 bits per heavy atom. The lowest BCUT2D eigenvalue weighted by molar-refractivity contribution is -0.00876. The predicted molar refractivity (Wildman–Crippen MR) is 135 cm³/mol. The first-order valence-corrected chi connectivity index (χ1v) is 12.1. The van der Waals surface area contributed by atoms with Gasteiger partial charge in [0.15, 0.2) is 0 Å². The maximum absolute atomic E-state index is 5.18. The highest BCUT2D eigenvalue weighted by Crippen LogP contribution is 2.36. The summed E-state index contributed by atoms with van der Waals surface area (Å²) < 4.78 is 7.18. The number of hydrogen-bond acceptors (Lipinski definition) is 7. The molecule has 0 aromatic carbocycles. The molecule has 8 rings (SSSR count). The standard InChI is InChI=1S/C27H27N7O/c1-17-7-22(27-23-11-28-12-24(23)31-34(27)13-17)19-4-5-25(29-10-19)32-15-20-8-21(16-32)33(20)14-18-3-6-26(35-2)30-9-18/h3-7,9-11,13,20-21H,8,12,14-16H2,1-2H3. The molecule has 0 saturated carbocycles. The first-order valence-electron chi connectivity index (χ1n) is 12.1. The molecule has 4 aromatic heterocycles. The Morgan fingerprint density at radius 2 is 1.94 bits per heavy atom. The van der Waals surface area contributed by atoms with Gasteiger partial charge in [0.05, 0.1) is 24.9 Å². The summed E-state index contributed by atoms with van der Waals surface area (Å²) in [5.74, 6) is 1.72. The summed E-state index contributed by atoms with van der Waals surface area (Å²) in [5.41, 5.74) is 7.98. The van der Waals surface area contributed by atoms with Crippen LogP contribution in [0.5, 0.6) is 5.88 Å². The molecule has 0 spiro atoms. The number of aromatic nitrogens is 4. The van der Waals surface area contributed by atoms with E-state index < -0.39 is 0 Å². The number of rotatable bonds is 5. The normalized spacial score (nSPS) is 20.8. The number of anilines is 1. The number of pyridine rings is 3.